The molecular weight excluding hydrogens is 400 g/mol. The van der Waals surface area contributed by atoms with Crippen molar-refractivity contribution < 1.29 is 18.8 Å². The van der Waals surface area contributed by atoms with E-state index < -0.39 is 5.91 Å². The highest BCUT2D eigenvalue weighted by molar-refractivity contribution is 7.99. The van der Waals surface area contributed by atoms with E-state index in [0.717, 1.165) is 27.7 Å². The molecule has 2 aliphatic rings. The molecule has 3 heterocycles. The zero-order chi connectivity index (χ0) is 20.7. The Kier molecular flexibility index (Phi) is 4.67. The first-order valence-corrected chi connectivity index (χ1v) is 10.7. The molecule has 0 spiro atoms. The van der Waals surface area contributed by atoms with Crippen LogP contribution in [0.3, 0.4) is 0 Å². The highest BCUT2D eigenvalue weighted by Gasteiger charge is 2.37. The molecular formula is C23H18N2O4S. The number of carbonyl (C=O) groups excluding carboxylic acids is 3. The van der Waals surface area contributed by atoms with Gasteiger partial charge in [-0.25, -0.2) is 0 Å². The normalized spacial score (nSPS) is 15.7. The molecule has 30 heavy (non-hydrogen) atoms. The van der Waals surface area contributed by atoms with Gasteiger partial charge in [0.2, 0.25) is 0 Å². The van der Waals surface area contributed by atoms with Crippen molar-refractivity contribution in [1.82, 2.24) is 4.90 Å². The smallest absolute Gasteiger partial charge is 0.261 e. The number of nitrogens with zero attached hydrogens (tertiary/aromatic N) is 2. The summed E-state index contributed by atoms with van der Waals surface area (Å²) in [6, 6.07) is 16.0. The standard InChI is InChI=1S/C23H18N2O4S/c26-21(24-10-4-12-30-20-7-2-1-6-19(20)24)15-8-9-17-18(13-15)23(28)25(22(17)27)14-16-5-3-11-29-16/h1-3,5-9,11,13H,4,10,12,14H2. The molecule has 0 fully saturated rings. The van der Waals surface area contributed by atoms with Crippen LogP contribution in [0.1, 0.15) is 43.3 Å². The van der Waals surface area contributed by atoms with Gasteiger partial charge in [0.05, 0.1) is 29.6 Å². The average Bonchev–Trinajstić information content (AvgIpc) is 3.29. The molecule has 150 valence electrons. The summed E-state index contributed by atoms with van der Waals surface area (Å²) >= 11 is 1.74. The molecule has 6 nitrogen and oxygen atoms in total. The Labute approximate surface area is 177 Å². The van der Waals surface area contributed by atoms with Crippen LogP contribution in [0.5, 0.6) is 0 Å². The SMILES string of the molecule is O=C1c2ccc(C(=O)N3CCCSc4ccccc43)cc2C(=O)N1Cc1ccco1. The first kappa shape index (κ1) is 18.7. The van der Waals surface area contributed by atoms with Crippen LogP contribution in [0.15, 0.2) is 70.2 Å². The maximum absolute atomic E-state index is 13.3. The number of hydrogen-bond acceptors (Lipinski definition) is 5. The third-order valence-corrected chi connectivity index (χ3v) is 6.45. The second-order valence-corrected chi connectivity index (χ2v) is 8.30. The second-order valence-electron chi connectivity index (χ2n) is 7.16. The number of imide groups is 1. The van der Waals surface area contributed by atoms with Gasteiger partial charge in [0, 0.05) is 17.0 Å². The predicted molar refractivity (Wildman–Crippen MR) is 113 cm³/mol. The molecule has 0 saturated carbocycles. The van der Waals surface area contributed by atoms with E-state index in [0.29, 0.717) is 23.4 Å². The Hall–Kier alpha value is -3.32. The van der Waals surface area contributed by atoms with Crippen molar-refractivity contribution in [2.24, 2.45) is 0 Å². The molecule has 2 aliphatic heterocycles. The number of fused-ring (bicyclic) bond motifs is 2. The summed E-state index contributed by atoms with van der Waals surface area (Å²) in [5.74, 6) is 0.520. The number of benzene rings is 2. The van der Waals surface area contributed by atoms with E-state index in [9.17, 15) is 14.4 Å². The summed E-state index contributed by atoms with van der Waals surface area (Å²) in [5, 5.41) is 0. The van der Waals surface area contributed by atoms with Gasteiger partial charge in [-0.05, 0) is 54.6 Å². The fraction of sp³-hybridized carbons (Fsp3) is 0.174. The third kappa shape index (κ3) is 3.11. The van der Waals surface area contributed by atoms with Crippen LogP contribution in [0, 0.1) is 0 Å². The molecule has 0 aliphatic carbocycles. The molecule has 3 aromatic rings. The van der Waals surface area contributed by atoms with Crippen LogP contribution in [0.2, 0.25) is 0 Å². The van der Waals surface area contributed by atoms with Gasteiger partial charge in [-0.2, -0.15) is 0 Å². The van der Waals surface area contributed by atoms with Gasteiger partial charge in [-0.3, -0.25) is 19.3 Å². The van der Waals surface area contributed by atoms with Crippen molar-refractivity contribution in [3.63, 3.8) is 0 Å². The van der Waals surface area contributed by atoms with Crippen LogP contribution in [-0.2, 0) is 6.54 Å². The van der Waals surface area contributed by atoms with Crippen LogP contribution in [0.4, 0.5) is 5.69 Å². The Morgan fingerprint density at radius 2 is 1.83 bits per heavy atom. The highest BCUT2D eigenvalue weighted by Crippen LogP contribution is 2.35. The summed E-state index contributed by atoms with van der Waals surface area (Å²) in [4.78, 5) is 42.9. The minimum Gasteiger partial charge on any atom is -0.467 e. The van der Waals surface area contributed by atoms with Crippen LogP contribution in [-0.4, -0.2) is 34.9 Å². The van der Waals surface area contributed by atoms with E-state index in [1.807, 2.05) is 24.3 Å². The van der Waals surface area contributed by atoms with Crippen LogP contribution < -0.4 is 4.90 Å². The largest absolute Gasteiger partial charge is 0.467 e. The van der Waals surface area contributed by atoms with Gasteiger partial charge in [-0.1, -0.05) is 12.1 Å². The first-order valence-electron chi connectivity index (χ1n) is 9.70. The van der Waals surface area contributed by atoms with Crippen molar-refractivity contribution in [3.05, 3.63) is 83.3 Å². The Morgan fingerprint density at radius 3 is 2.67 bits per heavy atom. The minimum atomic E-state index is -0.409. The summed E-state index contributed by atoms with van der Waals surface area (Å²) in [5.41, 5.74) is 1.86. The van der Waals surface area contributed by atoms with Crippen molar-refractivity contribution in [2.75, 3.05) is 17.2 Å². The number of amides is 3. The number of rotatable bonds is 3. The number of anilines is 1. The Bertz CT molecular complexity index is 1160. The van der Waals surface area contributed by atoms with E-state index in [4.69, 9.17) is 4.42 Å². The minimum absolute atomic E-state index is 0.0688. The number of hydrogen-bond donors (Lipinski definition) is 0. The molecule has 0 unspecified atom stereocenters. The third-order valence-electron chi connectivity index (χ3n) is 5.30. The predicted octanol–water partition coefficient (Wildman–Crippen LogP) is 4.22. The van der Waals surface area contributed by atoms with E-state index in [1.54, 1.807) is 47.0 Å². The lowest BCUT2D eigenvalue weighted by molar-refractivity contribution is 0.0631. The average molecular weight is 418 g/mol. The van der Waals surface area contributed by atoms with Crippen LogP contribution in [0.25, 0.3) is 0 Å². The van der Waals surface area contributed by atoms with Crippen molar-refractivity contribution >= 4 is 35.2 Å². The number of thioether (sulfide) groups is 1. The van der Waals surface area contributed by atoms with Gasteiger partial charge in [0.25, 0.3) is 17.7 Å². The van der Waals surface area contributed by atoms with Gasteiger partial charge < -0.3 is 9.32 Å². The molecule has 0 radical (unpaired) electrons. The number of carbonyl (C=O) groups is 3. The highest BCUT2D eigenvalue weighted by atomic mass is 32.2. The van der Waals surface area contributed by atoms with E-state index in [2.05, 4.69) is 0 Å². The van der Waals surface area contributed by atoms with Crippen molar-refractivity contribution in [1.29, 1.82) is 0 Å². The van der Waals surface area contributed by atoms with Gasteiger partial charge in [-0.15, -0.1) is 11.8 Å². The Morgan fingerprint density at radius 1 is 1.00 bits per heavy atom. The molecule has 7 heteroatoms. The maximum atomic E-state index is 13.3. The fourth-order valence-electron chi connectivity index (χ4n) is 3.82. The first-order chi connectivity index (χ1) is 14.6. The Balaban J connectivity index is 1.46. The molecule has 0 bridgehead atoms. The van der Waals surface area contributed by atoms with Gasteiger partial charge >= 0.3 is 0 Å². The lowest BCUT2D eigenvalue weighted by Crippen LogP contribution is -2.32. The lowest BCUT2D eigenvalue weighted by atomic mass is 10.0. The molecule has 0 saturated heterocycles. The molecule has 1 aromatic heterocycles. The molecule has 2 aromatic carbocycles. The quantitative estimate of drug-likeness (QED) is 0.596. The topological polar surface area (TPSA) is 70.8 Å². The van der Waals surface area contributed by atoms with Gasteiger partial charge in [0.1, 0.15) is 5.76 Å². The monoisotopic (exact) mass is 418 g/mol. The maximum Gasteiger partial charge on any atom is 0.261 e. The summed E-state index contributed by atoms with van der Waals surface area (Å²) in [6.07, 6.45) is 2.38. The second kappa shape index (κ2) is 7.50. The zero-order valence-corrected chi connectivity index (χ0v) is 16.9. The summed E-state index contributed by atoms with van der Waals surface area (Å²) in [6.45, 7) is 0.677. The summed E-state index contributed by atoms with van der Waals surface area (Å²) in [7, 11) is 0. The molecule has 3 amide bonds. The van der Waals surface area contributed by atoms with E-state index in [1.165, 1.54) is 6.26 Å². The molecule has 0 atom stereocenters. The fourth-order valence-corrected chi connectivity index (χ4v) is 4.81. The molecule has 5 rings (SSSR count). The van der Waals surface area contributed by atoms with Crippen LogP contribution >= 0.6 is 11.8 Å². The van der Waals surface area contributed by atoms with E-state index >= 15 is 0 Å². The van der Waals surface area contributed by atoms with E-state index in [-0.39, 0.29) is 23.9 Å². The van der Waals surface area contributed by atoms with Crippen molar-refractivity contribution in [3.8, 4) is 0 Å². The van der Waals surface area contributed by atoms with Gasteiger partial charge in [0.15, 0.2) is 0 Å². The molecule has 0 N–H and O–H groups in total. The lowest BCUT2D eigenvalue weighted by Gasteiger charge is -2.22. The number of furan rings is 1. The zero-order valence-electron chi connectivity index (χ0n) is 16.0. The van der Waals surface area contributed by atoms with Crippen molar-refractivity contribution in [2.45, 2.75) is 17.9 Å². The number of para-hydroxylation sites is 1. The summed E-state index contributed by atoms with van der Waals surface area (Å²) < 4.78 is 5.27.